The second-order valence-electron chi connectivity index (χ2n) is 2.34. The van der Waals surface area contributed by atoms with Gasteiger partial charge in [-0.15, -0.1) is 0 Å². The van der Waals surface area contributed by atoms with Crippen molar-refractivity contribution in [3.05, 3.63) is 35.9 Å². The molecule has 0 spiro atoms. The summed E-state index contributed by atoms with van der Waals surface area (Å²) in [4.78, 5) is 0. The molecule has 0 heterocycles. The average molecular weight is 210 g/mol. The quantitative estimate of drug-likeness (QED) is 0.676. The molecule has 0 N–H and O–H groups in total. The van der Waals surface area contributed by atoms with Crippen molar-refractivity contribution in [3.8, 4) is 11.8 Å². The Morgan fingerprint density at radius 3 is 2.69 bits per heavy atom. The summed E-state index contributed by atoms with van der Waals surface area (Å²) in [6.07, 6.45) is 0. The molecule has 13 heavy (non-hydrogen) atoms. The van der Waals surface area contributed by atoms with Gasteiger partial charge >= 0.3 is 86.4 Å². The third-order valence-electron chi connectivity index (χ3n) is 1.36. The summed E-state index contributed by atoms with van der Waals surface area (Å²) in [6, 6.07) is 9.82. The average Bonchev–Trinajstić information content (AvgIpc) is 2.17. The SMILES string of the molecule is CCO[C](=[Cr])C#Cc1ccccc1. The molecule has 1 aromatic carbocycles. The van der Waals surface area contributed by atoms with E-state index in [0.717, 1.165) is 5.56 Å². The van der Waals surface area contributed by atoms with Gasteiger partial charge in [-0.05, 0) is 0 Å². The van der Waals surface area contributed by atoms with Gasteiger partial charge in [0.15, 0.2) is 0 Å². The molecule has 0 saturated heterocycles. The van der Waals surface area contributed by atoms with E-state index >= 15 is 0 Å². The fourth-order valence-corrected chi connectivity index (χ4v) is 1.08. The van der Waals surface area contributed by atoms with E-state index in [1.807, 2.05) is 37.3 Å². The van der Waals surface area contributed by atoms with Crippen LogP contribution in [0.5, 0.6) is 0 Å². The zero-order chi connectivity index (χ0) is 9.52. The minimum absolute atomic E-state index is 0.645. The Morgan fingerprint density at radius 1 is 1.38 bits per heavy atom. The summed E-state index contributed by atoms with van der Waals surface area (Å²) in [5.74, 6) is 5.87. The fraction of sp³-hybridized carbons (Fsp3) is 0.182. The summed E-state index contributed by atoms with van der Waals surface area (Å²) < 4.78 is 5.80. The van der Waals surface area contributed by atoms with Crippen LogP contribution in [0.15, 0.2) is 30.3 Å². The molecule has 0 bridgehead atoms. The summed E-state index contributed by atoms with van der Waals surface area (Å²) >= 11 is 2.77. The topological polar surface area (TPSA) is 9.23 Å². The molecule has 0 fully saturated rings. The van der Waals surface area contributed by atoms with Crippen LogP contribution >= 0.6 is 0 Å². The number of hydrogen-bond donors (Lipinski definition) is 0. The Bertz CT molecular complexity index is 332. The van der Waals surface area contributed by atoms with Crippen molar-refractivity contribution >= 4 is 4.57 Å². The molecule has 0 amide bonds. The van der Waals surface area contributed by atoms with Crippen LogP contribution in [0.25, 0.3) is 0 Å². The van der Waals surface area contributed by atoms with Crippen molar-refractivity contribution in [2.45, 2.75) is 6.92 Å². The molecule has 0 saturated carbocycles. The second-order valence-corrected chi connectivity index (χ2v) is 2.92. The van der Waals surface area contributed by atoms with Gasteiger partial charge in [0.05, 0.1) is 0 Å². The van der Waals surface area contributed by atoms with Gasteiger partial charge in [0.1, 0.15) is 0 Å². The summed E-state index contributed by atoms with van der Waals surface area (Å²) in [5.41, 5.74) is 0.995. The number of benzene rings is 1. The minimum atomic E-state index is 0.645. The first-order valence-electron chi connectivity index (χ1n) is 4.06. The molecule has 0 aliphatic heterocycles. The third-order valence-corrected chi connectivity index (χ3v) is 1.70. The van der Waals surface area contributed by atoms with Crippen molar-refractivity contribution in [2.75, 3.05) is 6.61 Å². The Morgan fingerprint density at radius 2 is 2.08 bits per heavy atom. The van der Waals surface area contributed by atoms with Gasteiger partial charge in [-0.1, -0.05) is 0 Å². The molecular weight excluding hydrogens is 200 g/mol. The third kappa shape index (κ3) is 4.06. The van der Waals surface area contributed by atoms with E-state index in [1.165, 1.54) is 0 Å². The molecule has 1 nitrogen and oxygen atoms in total. The Labute approximate surface area is 86.7 Å². The zero-order valence-corrected chi connectivity index (χ0v) is 8.69. The van der Waals surface area contributed by atoms with Crippen LogP contribution in [0.1, 0.15) is 12.5 Å². The van der Waals surface area contributed by atoms with E-state index in [2.05, 4.69) is 27.7 Å². The number of rotatable bonds is 2. The van der Waals surface area contributed by atoms with Crippen molar-refractivity contribution in [1.82, 2.24) is 0 Å². The van der Waals surface area contributed by atoms with E-state index in [-0.39, 0.29) is 0 Å². The van der Waals surface area contributed by atoms with Crippen LogP contribution < -0.4 is 0 Å². The van der Waals surface area contributed by atoms with Crippen LogP contribution in [0.3, 0.4) is 0 Å². The van der Waals surface area contributed by atoms with Crippen LogP contribution in [0.4, 0.5) is 0 Å². The molecule has 0 aliphatic carbocycles. The summed E-state index contributed by atoms with van der Waals surface area (Å²) in [6.45, 7) is 2.58. The van der Waals surface area contributed by atoms with Crippen LogP contribution in [-0.2, 0) is 20.6 Å². The number of hydrogen-bond acceptors (Lipinski definition) is 1. The first kappa shape index (κ1) is 10.2. The molecule has 2 heteroatoms. The zero-order valence-electron chi connectivity index (χ0n) is 7.41. The molecule has 1 rings (SSSR count). The van der Waals surface area contributed by atoms with E-state index in [1.54, 1.807) is 0 Å². The Hall–Kier alpha value is -0.858. The van der Waals surface area contributed by atoms with Gasteiger partial charge in [-0.25, -0.2) is 0 Å². The van der Waals surface area contributed by atoms with Crippen LogP contribution in [-0.4, -0.2) is 11.2 Å². The van der Waals surface area contributed by atoms with Gasteiger partial charge in [0, 0.05) is 0 Å². The van der Waals surface area contributed by atoms with E-state index < -0.39 is 0 Å². The summed E-state index contributed by atoms with van der Waals surface area (Å²) in [7, 11) is 0. The van der Waals surface area contributed by atoms with Crippen LogP contribution in [0.2, 0.25) is 0 Å². The predicted octanol–water partition coefficient (Wildman–Crippen LogP) is 1.75. The maximum absolute atomic E-state index is 5.15. The van der Waals surface area contributed by atoms with Gasteiger partial charge < -0.3 is 0 Å². The van der Waals surface area contributed by atoms with Crippen molar-refractivity contribution < 1.29 is 20.6 Å². The standard InChI is InChI=1S/C11H10O.Cr/c1-2-12-10-6-9-11-7-4-3-5-8-11;/h3-5,7-8H,2H2,1H3;. The number of ether oxygens (including phenoxy) is 1. The molecule has 0 radical (unpaired) electrons. The summed E-state index contributed by atoms with van der Waals surface area (Å²) in [5, 5.41) is 0. The van der Waals surface area contributed by atoms with E-state index in [0.29, 0.717) is 11.2 Å². The molecule has 66 valence electrons. The van der Waals surface area contributed by atoms with Gasteiger partial charge in [-0.2, -0.15) is 0 Å². The van der Waals surface area contributed by atoms with E-state index in [4.69, 9.17) is 4.74 Å². The predicted molar refractivity (Wildman–Crippen MR) is 50.0 cm³/mol. The second kappa shape index (κ2) is 5.73. The van der Waals surface area contributed by atoms with E-state index in [9.17, 15) is 0 Å². The monoisotopic (exact) mass is 210 g/mol. The van der Waals surface area contributed by atoms with Crippen molar-refractivity contribution in [2.24, 2.45) is 0 Å². The molecule has 0 aliphatic rings. The molecule has 0 aromatic heterocycles. The Balaban J connectivity index is 2.62. The van der Waals surface area contributed by atoms with Crippen molar-refractivity contribution in [3.63, 3.8) is 0 Å². The maximum atomic E-state index is 5.15. The molecular formula is C11H10CrO. The van der Waals surface area contributed by atoms with Gasteiger partial charge in [0.25, 0.3) is 0 Å². The van der Waals surface area contributed by atoms with Crippen LogP contribution in [0, 0.1) is 11.8 Å². The van der Waals surface area contributed by atoms with Gasteiger partial charge in [0.2, 0.25) is 0 Å². The molecule has 0 unspecified atom stereocenters. The molecule has 1 aromatic rings. The first-order chi connectivity index (χ1) is 6.33. The molecule has 0 atom stereocenters. The fourth-order valence-electron chi connectivity index (χ4n) is 0.812. The Kier molecular flexibility index (Phi) is 4.51. The first-order valence-corrected chi connectivity index (χ1v) is 4.70. The van der Waals surface area contributed by atoms with Crippen molar-refractivity contribution in [1.29, 1.82) is 0 Å². The normalized spacial score (nSPS) is 8.69. The van der Waals surface area contributed by atoms with Gasteiger partial charge in [-0.3, -0.25) is 0 Å².